The van der Waals surface area contributed by atoms with Crippen LogP contribution in [0.25, 0.3) is 0 Å². The fourth-order valence-corrected chi connectivity index (χ4v) is 3.18. The number of nitrogens with two attached hydrogens (primary N) is 1. The number of amides is 2. The topological polar surface area (TPSA) is 93.9 Å². The standard InChI is InChI=1S/C20H31N3O4/c1-20(2,3)27-19(25)22-16-9-12-23(13-10-16)14-11-17(26-18(21)24)15-7-5-4-6-8-15/h4-8,16-17H,9-14H2,1-3H3,(H2,21,24)(H,22,25). The minimum atomic E-state index is -0.760. The van der Waals surface area contributed by atoms with Gasteiger partial charge in [0.25, 0.3) is 0 Å². The predicted molar refractivity (Wildman–Crippen MR) is 103 cm³/mol. The molecule has 1 aromatic rings. The quantitative estimate of drug-likeness (QED) is 0.794. The Labute approximate surface area is 161 Å². The average molecular weight is 377 g/mol. The zero-order valence-electron chi connectivity index (χ0n) is 16.4. The summed E-state index contributed by atoms with van der Waals surface area (Å²) in [6, 6.07) is 9.76. The first-order valence-electron chi connectivity index (χ1n) is 9.46. The van der Waals surface area contributed by atoms with E-state index in [1.807, 2.05) is 51.1 Å². The fourth-order valence-electron chi connectivity index (χ4n) is 3.18. The molecule has 7 heteroatoms. The van der Waals surface area contributed by atoms with E-state index in [1.54, 1.807) is 0 Å². The van der Waals surface area contributed by atoms with Gasteiger partial charge < -0.3 is 25.4 Å². The van der Waals surface area contributed by atoms with Crippen molar-refractivity contribution >= 4 is 12.2 Å². The monoisotopic (exact) mass is 377 g/mol. The van der Waals surface area contributed by atoms with E-state index in [-0.39, 0.29) is 18.2 Å². The second-order valence-electron chi connectivity index (χ2n) is 7.89. The smallest absolute Gasteiger partial charge is 0.407 e. The number of piperidine rings is 1. The number of primary amides is 1. The minimum absolute atomic E-state index is 0.128. The lowest BCUT2D eigenvalue weighted by molar-refractivity contribution is 0.0474. The fraction of sp³-hybridized carbons (Fsp3) is 0.600. The molecule has 3 N–H and O–H groups in total. The summed E-state index contributed by atoms with van der Waals surface area (Å²) in [7, 11) is 0. The molecule has 1 aliphatic rings. The molecule has 0 bridgehead atoms. The van der Waals surface area contributed by atoms with Gasteiger partial charge in [-0.3, -0.25) is 0 Å². The summed E-state index contributed by atoms with van der Waals surface area (Å²) in [5.41, 5.74) is 5.67. The maximum absolute atomic E-state index is 11.9. The van der Waals surface area contributed by atoms with Gasteiger partial charge >= 0.3 is 12.2 Å². The van der Waals surface area contributed by atoms with E-state index in [0.29, 0.717) is 6.42 Å². The van der Waals surface area contributed by atoms with Crippen molar-refractivity contribution in [2.75, 3.05) is 19.6 Å². The van der Waals surface area contributed by atoms with Crippen LogP contribution in [0.5, 0.6) is 0 Å². The van der Waals surface area contributed by atoms with E-state index in [0.717, 1.165) is 38.0 Å². The molecule has 1 heterocycles. The van der Waals surface area contributed by atoms with Crippen molar-refractivity contribution in [1.82, 2.24) is 10.2 Å². The van der Waals surface area contributed by atoms with Crippen molar-refractivity contribution in [3.63, 3.8) is 0 Å². The third kappa shape index (κ3) is 7.86. The van der Waals surface area contributed by atoms with E-state index in [4.69, 9.17) is 15.2 Å². The Morgan fingerprint density at radius 3 is 2.41 bits per heavy atom. The molecular weight excluding hydrogens is 346 g/mol. The first kappa shape index (κ1) is 21.0. The van der Waals surface area contributed by atoms with Gasteiger partial charge in [0.05, 0.1) is 0 Å². The molecule has 0 spiro atoms. The number of alkyl carbamates (subject to hydrolysis) is 1. The molecule has 1 unspecified atom stereocenters. The van der Waals surface area contributed by atoms with E-state index in [2.05, 4.69) is 10.2 Å². The summed E-state index contributed by atoms with van der Waals surface area (Å²) >= 11 is 0. The molecule has 7 nitrogen and oxygen atoms in total. The summed E-state index contributed by atoms with van der Waals surface area (Å²) in [5.74, 6) is 0. The SMILES string of the molecule is CC(C)(C)OC(=O)NC1CCN(CCC(OC(N)=O)c2ccccc2)CC1. The molecule has 2 rings (SSSR count). The third-order valence-electron chi connectivity index (χ3n) is 4.45. The molecule has 0 radical (unpaired) electrons. The Bertz CT molecular complexity index is 607. The molecule has 1 aliphatic heterocycles. The highest BCUT2D eigenvalue weighted by Gasteiger charge is 2.24. The number of carbonyl (C=O) groups is 2. The Hall–Kier alpha value is -2.28. The number of benzene rings is 1. The normalized spacial score (nSPS) is 17.1. The Balaban J connectivity index is 1.77. The van der Waals surface area contributed by atoms with E-state index < -0.39 is 11.7 Å². The van der Waals surface area contributed by atoms with E-state index >= 15 is 0 Å². The number of nitrogens with one attached hydrogen (secondary N) is 1. The molecular formula is C20H31N3O4. The number of nitrogens with zero attached hydrogens (tertiary/aromatic N) is 1. The van der Waals surface area contributed by atoms with Gasteiger partial charge in [-0.25, -0.2) is 9.59 Å². The Morgan fingerprint density at radius 2 is 1.85 bits per heavy atom. The molecule has 1 saturated heterocycles. The molecule has 0 saturated carbocycles. The highest BCUT2D eigenvalue weighted by atomic mass is 16.6. The lowest BCUT2D eigenvalue weighted by Gasteiger charge is -2.33. The number of likely N-dealkylation sites (tertiary alicyclic amines) is 1. The van der Waals surface area contributed by atoms with Gasteiger partial charge in [0.1, 0.15) is 11.7 Å². The minimum Gasteiger partial charge on any atom is -0.444 e. The third-order valence-corrected chi connectivity index (χ3v) is 4.45. The van der Waals surface area contributed by atoms with Crippen LogP contribution >= 0.6 is 0 Å². The first-order valence-corrected chi connectivity index (χ1v) is 9.46. The molecule has 150 valence electrons. The molecule has 27 heavy (non-hydrogen) atoms. The predicted octanol–water partition coefficient (Wildman–Crippen LogP) is 3.20. The average Bonchev–Trinajstić information content (AvgIpc) is 2.58. The van der Waals surface area contributed by atoms with Crippen LogP contribution in [0.4, 0.5) is 9.59 Å². The lowest BCUT2D eigenvalue weighted by Crippen LogP contribution is -2.46. The van der Waals surface area contributed by atoms with Crippen LogP contribution in [0.15, 0.2) is 30.3 Å². The molecule has 2 amide bonds. The maximum Gasteiger partial charge on any atom is 0.407 e. The van der Waals surface area contributed by atoms with Gasteiger partial charge in [0, 0.05) is 32.1 Å². The van der Waals surface area contributed by atoms with Gasteiger partial charge in [0.15, 0.2) is 0 Å². The molecule has 0 aliphatic carbocycles. The van der Waals surface area contributed by atoms with Gasteiger partial charge in [-0.2, -0.15) is 0 Å². The molecule has 0 aromatic heterocycles. The highest BCUT2D eigenvalue weighted by Crippen LogP contribution is 2.22. The number of hydrogen-bond donors (Lipinski definition) is 2. The summed E-state index contributed by atoms with van der Waals surface area (Å²) in [6.07, 6.45) is 0.944. The molecule has 1 fully saturated rings. The molecule has 1 atom stereocenters. The maximum atomic E-state index is 11.9. The van der Waals surface area contributed by atoms with Crippen molar-refractivity contribution in [2.45, 2.75) is 57.8 Å². The zero-order valence-corrected chi connectivity index (χ0v) is 16.4. The van der Waals surface area contributed by atoms with E-state index in [1.165, 1.54) is 0 Å². The van der Waals surface area contributed by atoms with Crippen LogP contribution in [-0.2, 0) is 9.47 Å². The van der Waals surface area contributed by atoms with Gasteiger partial charge in [-0.05, 0) is 39.2 Å². The second kappa shape index (κ2) is 9.60. The Morgan fingerprint density at radius 1 is 1.22 bits per heavy atom. The first-order chi connectivity index (χ1) is 12.7. The summed E-state index contributed by atoms with van der Waals surface area (Å²) < 4.78 is 10.6. The van der Waals surface area contributed by atoms with Crippen LogP contribution < -0.4 is 11.1 Å². The lowest BCUT2D eigenvalue weighted by atomic mass is 10.0. The van der Waals surface area contributed by atoms with Crippen molar-refractivity contribution < 1.29 is 19.1 Å². The van der Waals surface area contributed by atoms with Gasteiger partial charge in [0.2, 0.25) is 0 Å². The highest BCUT2D eigenvalue weighted by molar-refractivity contribution is 5.68. The largest absolute Gasteiger partial charge is 0.444 e. The molecule has 1 aromatic carbocycles. The van der Waals surface area contributed by atoms with Gasteiger partial charge in [-0.1, -0.05) is 30.3 Å². The summed E-state index contributed by atoms with van der Waals surface area (Å²) in [5, 5.41) is 2.94. The van der Waals surface area contributed by atoms with Crippen molar-refractivity contribution in [3.8, 4) is 0 Å². The second-order valence-corrected chi connectivity index (χ2v) is 7.89. The summed E-state index contributed by atoms with van der Waals surface area (Å²) in [6.45, 7) is 8.11. The van der Waals surface area contributed by atoms with E-state index in [9.17, 15) is 9.59 Å². The van der Waals surface area contributed by atoms with Crippen LogP contribution in [-0.4, -0.2) is 48.4 Å². The number of ether oxygens (including phenoxy) is 2. The number of rotatable bonds is 6. The zero-order chi connectivity index (χ0) is 19.9. The van der Waals surface area contributed by atoms with Crippen LogP contribution in [0, 0.1) is 0 Å². The Kier molecular flexibility index (Phi) is 7.47. The van der Waals surface area contributed by atoms with Crippen LogP contribution in [0.2, 0.25) is 0 Å². The van der Waals surface area contributed by atoms with Crippen molar-refractivity contribution in [1.29, 1.82) is 0 Å². The van der Waals surface area contributed by atoms with Crippen molar-refractivity contribution in [2.24, 2.45) is 5.73 Å². The number of carbonyl (C=O) groups excluding carboxylic acids is 2. The summed E-state index contributed by atoms with van der Waals surface area (Å²) in [4.78, 5) is 25.4. The van der Waals surface area contributed by atoms with Gasteiger partial charge in [-0.15, -0.1) is 0 Å². The van der Waals surface area contributed by atoms with Crippen molar-refractivity contribution in [3.05, 3.63) is 35.9 Å². The number of hydrogen-bond acceptors (Lipinski definition) is 5. The van der Waals surface area contributed by atoms with Crippen LogP contribution in [0.3, 0.4) is 0 Å². The van der Waals surface area contributed by atoms with Crippen LogP contribution in [0.1, 0.15) is 51.7 Å².